The summed E-state index contributed by atoms with van der Waals surface area (Å²) < 4.78 is 0. The van der Waals surface area contributed by atoms with Gasteiger partial charge < -0.3 is 10.3 Å². The monoisotopic (exact) mass is 289 g/mol. The van der Waals surface area contributed by atoms with E-state index < -0.39 is 11.5 Å². The molecule has 112 valence electrons. The quantitative estimate of drug-likeness (QED) is 0.791. The van der Waals surface area contributed by atoms with Crippen molar-refractivity contribution in [2.24, 2.45) is 0 Å². The van der Waals surface area contributed by atoms with E-state index in [1.165, 1.54) is 0 Å². The maximum absolute atomic E-state index is 12.3. The minimum atomic E-state index is -0.440. The summed E-state index contributed by atoms with van der Waals surface area (Å²) in [6.07, 6.45) is 3.32. The topological polar surface area (TPSA) is 104 Å². The first-order chi connectivity index (χ1) is 9.90. The number of hydrogen-bond acceptors (Lipinski definition) is 4. The third kappa shape index (κ3) is 3.18. The van der Waals surface area contributed by atoms with Crippen molar-refractivity contribution in [3.05, 3.63) is 45.4 Å². The molecule has 0 aromatic carbocycles. The van der Waals surface area contributed by atoms with Gasteiger partial charge in [0.15, 0.2) is 0 Å². The lowest BCUT2D eigenvalue weighted by atomic mass is 10.1. The van der Waals surface area contributed by atoms with Gasteiger partial charge in [0.05, 0.1) is 17.9 Å². The Kier molecular flexibility index (Phi) is 4.21. The normalized spacial score (nSPS) is 12.4. The molecule has 0 bridgehead atoms. The van der Waals surface area contributed by atoms with Crippen molar-refractivity contribution < 1.29 is 4.79 Å². The number of amides is 1. The Morgan fingerprint density at radius 3 is 2.57 bits per heavy atom. The zero-order valence-corrected chi connectivity index (χ0v) is 12.5. The highest BCUT2D eigenvalue weighted by atomic mass is 16.2. The molecule has 1 atom stereocenters. The zero-order chi connectivity index (χ0) is 15.6. The molecular weight excluding hydrogens is 270 g/mol. The van der Waals surface area contributed by atoms with Gasteiger partial charge in [-0.05, 0) is 13.8 Å². The molecule has 0 radical (unpaired) electrons. The van der Waals surface area contributed by atoms with Crippen LogP contribution < -0.4 is 10.9 Å². The molecule has 7 heteroatoms. The summed E-state index contributed by atoms with van der Waals surface area (Å²) in [7, 11) is 0. The Balaban J connectivity index is 2.26. The van der Waals surface area contributed by atoms with Crippen molar-refractivity contribution in [3.8, 4) is 0 Å². The second-order valence-electron chi connectivity index (χ2n) is 5.29. The van der Waals surface area contributed by atoms with Crippen LogP contribution in [0.1, 0.15) is 60.2 Å². The highest BCUT2D eigenvalue weighted by Crippen LogP contribution is 2.12. The van der Waals surface area contributed by atoms with Crippen LogP contribution >= 0.6 is 0 Å². The van der Waals surface area contributed by atoms with Crippen molar-refractivity contribution in [1.29, 1.82) is 0 Å². The molecule has 7 nitrogen and oxygen atoms in total. The second kappa shape index (κ2) is 5.90. The fourth-order valence-electron chi connectivity index (χ4n) is 2.00. The van der Waals surface area contributed by atoms with E-state index in [9.17, 15) is 9.59 Å². The molecule has 0 aliphatic rings. The predicted octanol–water partition coefficient (Wildman–Crippen LogP) is 1.42. The number of aromatic nitrogens is 4. The number of carbonyl (C=O) groups excluding carboxylic acids is 1. The molecule has 0 saturated heterocycles. The summed E-state index contributed by atoms with van der Waals surface area (Å²) >= 11 is 0. The zero-order valence-electron chi connectivity index (χ0n) is 12.5. The highest BCUT2D eigenvalue weighted by Gasteiger charge is 2.19. The molecule has 2 aromatic rings. The van der Waals surface area contributed by atoms with Gasteiger partial charge in [0, 0.05) is 17.7 Å². The molecule has 0 spiro atoms. The van der Waals surface area contributed by atoms with Crippen LogP contribution in [0, 0.1) is 6.92 Å². The number of nitrogens with zero attached hydrogens (tertiary/aromatic N) is 2. The molecule has 2 heterocycles. The summed E-state index contributed by atoms with van der Waals surface area (Å²) in [6.45, 7) is 7.34. The fraction of sp³-hybridized carbons (Fsp3) is 0.429. The lowest BCUT2D eigenvalue weighted by molar-refractivity contribution is 0.0937. The van der Waals surface area contributed by atoms with Crippen molar-refractivity contribution in [3.63, 3.8) is 0 Å². The summed E-state index contributed by atoms with van der Waals surface area (Å²) in [4.78, 5) is 31.3. The molecule has 1 amide bonds. The van der Waals surface area contributed by atoms with E-state index in [1.54, 1.807) is 19.3 Å². The minimum Gasteiger partial charge on any atom is -0.345 e. The van der Waals surface area contributed by atoms with Crippen molar-refractivity contribution in [2.45, 2.75) is 39.7 Å². The van der Waals surface area contributed by atoms with E-state index in [2.05, 4.69) is 25.5 Å². The fourth-order valence-corrected chi connectivity index (χ4v) is 2.00. The number of carbonyl (C=O) groups is 1. The van der Waals surface area contributed by atoms with Gasteiger partial charge in [0.2, 0.25) is 0 Å². The smallest absolute Gasteiger partial charge is 0.264 e. The molecule has 1 unspecified atom stereocenters. The number of rotatable bonds is 4. The van der Waals surface area contributed by atoms with Gasteiger partial charge in [-0.1, -0.05) is 13.8 Å². The van der Waals surface area contributed by atoms with Crippen LogP contribution in [0.5, 0.6) is 0 Å². The van der Waals surface area contributed by atoms with Crippen LogP contribution in [0.25, 0.3) is 0 Å². The van der Waals surface area contributed by atoms with E-state index in [4.69, 9.17) is 0 Å². The minimum absolute atomic E-state index is 0.0507. The molecule has 0 fully saturated rings. The van der Waals surface area contributed by atoms with Crippen molar-refractivity contribution in [2.75, 3.05) is 0 Å². The Bertz CT molecular complexity index is 688. The number of aryl methyl sites for hydroxylation is 1. The second-order valence-corrected chi connectivity index (χ2v) is 5.29. The van der Waals surface area contributed by atoms with Gasteiger partial charge in [-0.15, -0.1) is 0 Å². The number of H-pyrrole nitrogens is 2. The standard InChI is InChI=1S/C14H19N5O2/c1-7(2)12-17-9(4)11(14(21)19-12)13(20)18-8(3)10-5-15-16-6-10/h5-8H,1-4H3,(H,15,16)(H,18,20)(H,17,19,21). The lowest BCUT2D eigenvalue weighted by Gasteiger charge is -2.13. The summed E-state index contributed by atoms with van der Waals surface area (Å²) in [6, 6.07) is -0.250. The van der Waals surface area contributed by atoms with Crippen LogP contribution in [-0.4, -0.2) is 26.1 Å². The van der Waals surface area contributed by atoms with E-state index in [0.717, 1.165) is 5.56 Å². The highest BCUT2D eigenvalue weighted by molar-refractivity contribution is 5.95. The van der Waals surface area contributed by atoms with Gasteiger partial charge in [-0.25, -0.2) is 4.98 Å². The lowest BCUT2D eigenvalue weighted by Crippen LogP contribution is -2.33. The number of nitrogens with one attached hydrogen (secondary N) is 3. The molecular formula is C14H19N5O2. The molecule has 3 N–H and O–H groups in total. The third-order valence-electron chi connectivity index (χ3n) is 3.26. The molecule has 0 saturated carbocycles. The molecule has 2 aromatic heterocycles. The summed E-state index contributed by atoms with van der Waals surface area (Å²) in [5.74, 6) is 0.237. The number of hydrogen-bond donors (Lipinski definition) is 3. The largest absolute Gasteiger partial charge is 0.345 e. The van der Waals surface area contributed by atoms with Gasteiger partial charge in [0.25, 0.3) is 11.5 Å². The van der Waals surface area contributed by atoms with E-state index in [1.807, 2.05) is 20.8 Å². The maximum atomic E-state index is 12.3. The Hall–Kier alpha value is -2.44. The Morgan fingerprint density at radius 2 is 2.05 bits per heavy atom. The Morgan fingerprint density at radius 1 is 1.33 bits per heavy atom. The SMILES string of the molecule is Cc1nc(C(C)C)[nH]c(=O)c1C(=O)NC(C)c1cn[nH]c1. The van der Waals surface area contributed by atoms with Crippen LogP contribution in [0.3, 0.4) is 0 Å². The first-order valence-electron chi connectivity index (χ1n) is 6.80. The van der Waals surface area contributed by atoms with Crippen LogP contribution in [0.4, 0.5) is 0 Å². The van der Waals surface area contributed by atoms with Crippen molar-refractivity contribution in [1.82, 2.24) is 25.5 Å². The van der Waals surface area contributed by atoms with Gasteiger partial charge in [0.1, 0.15) is 11.4 Å². The van der Waals surface area contributed by atoms with Gasteiger partial charge in [-0.3, -0.25) is 14.7 Å². The van der Waals surface area contributed by atoms with Crippen molar-refractivity contribution >= 4 is 5.91 Å². The first kappa shape index (κ1) is 15.0. The first-order valence-corrected chi connectivity index (χ1v) is 6.80. The van der Waals surface area contributed by atoms with E-state index >= 15 is 0 Å². The molecule has 2 rings (SSSR count). The van der Waals surface area contributed by atoms with Crippen LogP contribution in [-0.2, 0) is 0 Å². The number of aromatic amines is 2. The average molecular weight is 289 g/mol. The molecule has 0 aliphatic heterocycles. The van der Waals surface area contributed by atoms with Crippen LogP contribution in [0.2, 0.25) is 0 Å². The summed E-state index contributed by atoms with van der Waals surface area (Å²) in [5.41, 5.74) is 0.904. The summed E-state index contributed by atoms with van der Waals surface area (Å²) in [5, 5.41) is 9.29. The average Bonchev–Trinajstić information content (AvgIpc) is 2.91. The maximum Gasteiger partial charge on any atom is 0.264 e. The third-order valence-corrected chi connectivity index (χ3v) is 3.26. The molecule has 0 aliphatic carbocycles. The molecule has 21 heavy (non-hydrogen) atoms. The predicted molar refractivity (Wildman–Crippen MR) is 78.2 cm³/mol. The van der Waals surface area contributed by atoms with E-state index in [0.29, 0.717) is 11.5 Å². The van der Waals surface area contributed by atoms with E-state index in [-0.39, 0.29) is 17.5 Å². The van der Waals surface area contributed by atoms with Gasteiger partial charge >= 0.3 is 0 Å². The van der Waals surface area contributed by atoms with Crippen LogP contribution in [0.15, 0.2) is 17.2 Å². The Labute approximate surface area is 122 Å². The van der Waals surface area contributed by atoms with Gasteiger partial charge in [-0.2, -0.15) is 5.10 Å².